The molecule has 4 rings (SSSR count). The number of hydrogen-bond donors (Lipinski definition) is 2. The third-order valence-corrected chi connectivity index (χ3v) is 7.35. The minimum Gasteiger partial charge on any atom is -0.365 e. The van der Waals surface area contributed by atoms with Gasteiger partial charge >= 0.3 is 6.03 Å². The van der Waals surface area contributed by atoms with E-state index in [1.807, 2.05) is 0 Å². The molecule has 0 radical (unpaired) electrons. The van der Waals surface area contributed by atoms with Crippen molar-refractivity contribution < 1.29 is 18.4 Å². The molecule has 34 heavy (non-hydrogen) atoms. The summed E-state index contributed by atoms with van der Waals surface area (Å²) < 4.78 is 28.9. The smallest absolute Gasteiger partial charge is 0.317 e. The van der Waals surface area contributed by atoms with Gasteiger partial charge in [-0.05, 0) is 49.3 Å². The first-order valence-corrected chi connectivity index (χ1v) is 12.1. The van der Waals surface area contributed by atoms with Gasteiger partial charge in [0.15, 0.2) is 0 Å². The monoisotopic (exact) mass is 493 g/mol. The van der Waals surface area contributed by atoms with E-state index in [9.17, 15) is 18.4 Å². The van der Waals surface area contributed by atoms with Crippen LogP contribution in [0.15, 0.2) is 18.2 Å². The molecule has 1 aliphatic heterocycles. The molecular formula is C24H30ClF2N5O2. The van der Waals surface area contributed by atoms with Gasteiger partial charge in [0.25, 0.3) is 5.91 Å². The van der Waals surface area contributed by atoms with Crippen LogP contribution in [0.4, 0.5) is 13.6 Å². The molecule has 0 spiro atoms. The largest absolute Gasteiger partial charge is 0.365 e. The molecule has 1 aromatic heterocycles. The number of halogens is 3. The number of hydrogen-bond acceptors (Lipinski definition) is 3. The summed E-state index contributed by atoms with van der Waals surface area (Å²) in [6.07, 6.45) is 6.66. The number of nitrogens with zero attached hydrogens (tertiary/aromatic N) is 3. The highest BCUT2D eigenvalue weighted by Crippen LogP contribution is 2.40. The number of carbonyl (C=O) groups excluding carboxylic acids is 2. The Bertz CT molecular complexity index is 1070. The van der Waals surface area contributed by atoms with Gasteiger partial charge in [-0.2, -0.15) is 5.10 Å². The summed E-state index contributed by atoms with van der Waals surface area (Å²) in [7, 11) is 0. The Morgan fingerprint density at radius 3 is 2.65 bits per heavy atom. The van der Waals surface area contributed by atoms with Crippen molar-refractivity contribution in [3.05, 3.63) is 40.3 Å². The Labute approximate surface area is 202 Å². The number of aromatic nitrogens is 2. The van der Waals surface area contributed by atoms with Crippen molar-refractivity contribution in [2.75, 3.05) is 19.8 Å². The van der Waals surface area contributed by atoms with E-state index >= 15 is 0 Å². The lowest BCUT2D eigenvalue weighted by atomic mass is 9.72. The summed E-state index contributed by atoms with van der Waals surface area (Å²) in [6.45, 7) is 1.15. The fourth-order valence-electron chi connectivity index (χ4n) is 5.12. The van der Waals surface area contributed by atoms with Crippen LogP contribution < -0.4 is 11.1 Å². The fraction of sp³-hybridized carbons (Fsp3) is 0.542. The molecule has 7 nitrogen and oxygen atoms in total. The second kappa shape index (κ2) is 10.3. The van der Waals surface area contributed by atoms with Gasteiger partial charge in [0.2, 0.25) is 0 Å². The van der Waals surface area contributed by atoms with Crippen LogP contribution in [0.5, 0.6) is 0 Å². The van der Waals surface area contributed by atoms with E-state index in [1.165, 1.54) is 24.6 Å². The molecule has 2 aliphatic rings. The molecule has 0 atom stereocenters. The first kappa shape index (κ1) is 24.4. The fourth-order valence-corrected chi connectivity index (χ4v) is 5.30. The molecule has 0 unspecified atom stereocenters. The van der Waals surface area contributed by atoms with Crippen molar-refractivity contribution in [2.45, 2.75) is 58.0 Å². The van der Waals surface area contributed by atoms with Gasteiger partial charge in [-0.1, -0.05) is 30.9 Å². The quantitative estimate of drug-likeness (QED) is 0.549. The highest BCUT2D eigenvalue weighted by Gasteiger charge is 2.32. The van der Waals surface area contributed by atoms with Crippen molar-refractivity contribution in [1.29, 1.82) is 0 Å². The Morgan fingerprint density at radius 2 is 1.97 bits per heavy atom. The van der Waals surface area contributed by atoms with Gasteiger partial charge in [-0.15, -0.1) is 0 Å². The first-order chi connectivity index (χ1) is 16.3. The summed E-state index contributed by atoms with van der Waals surface area (Å²) in [6, 6.07) is 3.86. The van der Waals surface area contributed by atoms with E-state index in [2.05, 4.69) is 10.4 Å². The van der Waals surface area contributed by atoms with Crippen LogP contribution >= 0.6 is 11.6 Å². The van der Waals surface area contributed by atoms with Crippen molar-refractivity contribution in [2.24, 2.45) is 11.1 Å². The zero-order chi connectivity index (χ0) is 24.3. The molecule has 1 aromatic carbocycles. The summed E-state index contributed by atoms with van der Waals surface area (Å²) in [5, 5.41) is 7.34. The lowest BCUT2D eigenvalue weighted by Gasteiger charge is -2.35. The molecule has 2 heterocycles. The minimum absolute atomic E-state index is 0.0809. The minimum atomic E-state index is -0.678. The molecule has 1 fully saturated rings. The SMILES string of the molecule is NC(=O)c1c(-c2ccc(F)c(Cl)c2)nn2c1CN(C(=O)NCCCC1(CF)CCCCC1)CC2. The van der Waals surface area contributed by atoms with Crippen LogP contribution in [0.3, 0.4) is 0 Å². The van der Waals surface area contributed by atoms with Gasteiger partial charge in [0.05, 0.1) is 36.0 Å². The second-order valence-corrected chi connectivity index (χ2v) is 9.75. The number of urea groups is 1. The Morgan fingerprint density at radius 1 is 1.21 bits per heavy atom. The molecule has 184 valence electrons. The molecule has 3 N–H and O–H groups in total. The van der Waals surface area contributed by atoms with Gasteiger partial charge in [0, 0.05) is 18.7 Å². The number of fused-ring (bicyclic) bond motifs is 1. The van der Waals surface area contributed by atoms with Crippen LogP contribution in [0, 0.1) is 11.2 Å². The third-order valence-electron chi connectivity index (χ3n) is 7.06. The molecule has 0 bridgehead atoms. The summed E-state index contributed by atoms with van der Waals surface area (Å²) >= 11 is 5.91. The van der Waals surface area contributed by atoms with Gasteiger partial charge in [-0.3, -0.25) is 13.9 Å². The number of rotatable bonds is 7. The molecular weight excluding hydrogens is 464 g/mol. The molecule has 1 saturated carbocycles. The maximum atomic E-state index is 13.7. The highest BCUT2D eigenvalue weighted by molar-refractivity contribution is 6.31. The molecule has 0 saturated heterocycles. The van der Waals surface area contributed by atoms with Gasteiger partial charge in [-0.25, -0.2) is 9.18 Å². The average Bonchev–Trinajstić information content (AvgIpc) is 3.23. The standard InChI is InChI=1S/C24H30ClF2N5O2/c25-17-13-16(5-6-18(17)27)21-20(22(28)33)19-14-31(11-12-32(19)30-21)23(34)29-10-4-9-24(15-26)7-2-1-3-8-24/h5-6,13H,1-4,7-12,14-15H2,(H2,28,33)(H,29,34). The van der Waals surface area contributed by atoms with Gasteiger partial charge < -0.3 is 16.0 Å². The lowest BCUT2D eigenvalue weighted by molar-refractivity contribution is 0.0997. The average molecular weight is 494 g/mol. The number of carbonyl (C=O) groups is 2. The normalized spacial score (nSPS) is 17.3. The highest BCUT2D eigenvalue weighted by atomic mass is 35.5. The Hall–Kier alpha value is -2.68. The zero-order valence-electron chi connectivity index (χ0n) is 19.1. The maximum absolute atomic E-state index is 13.7. The van der Waals surface area contributed by atoms with Gasteiger partial charge in [0.1, 0.15) is 11.5 Å². The Kier molecular flexibility index (Phi) is 7.40. The van der Waals surface area contributed by atoms with Crippen molar-refractivity contribution >= 4 is 23.5 Å². The summed E-state index contributed by atoms with van der Waals surface area (Å²) in [4.78, 5) is 26.7. The maximum Gasteiger partial charge on any atom is 0.317 e. The number of amides is 3. The Balaban J connectivity index is 1.41. The third kappa shape index (κ3) is 5.04. The van der Waals surface area contributed by atoms with E-state index in [4.69, 9.17) is 17.3 Å². The van der Waals surface area contributed by atoms with Crippen LogP contribution in [-0.2, 0) is 13.1 Å². The summed E-state index contributed by atoms with van der Waals surface area (Å²) in [5.41, 5.74) is 6.95. The number of nitrogens with two attached hydrogens (primary N) is 1. The predicted octanol–water partition coefficient (Wildman–Crippen LogP) is 4.67. The zero-order valence-corrected chi connectivity index (χ0v) is 19.8. The van der Waals surface area contributed by atoms with E-state index < -0.39 is 11.7 Å². The molecule has 2 aromatic rings. The molecule has 3 amide bonds. The van der Waals surface area contributed by atoms with E-state index in [-0.39, 0.29) is 35.3 Å². The lowest BCUT2D eigenvalue weighted by Crippen LogP contribution is -2.45. The van der Waals surface area contributed by atoms with E-state index in [0.29, 0.717) is 36.6 Å². The van der Waals surface area contributed by atoms with Crippen LogP contribution in [0.25, 0.3) is 11.3 Å². The molecule has 10 heteroatoms. The predicted molar refractivity (Wildman–Crippen MR) is 126 cm³/mol. The topological polar surface area (TPSA) is 93.2 Å². The number of alkyl halides is 1. The number of benzene rings is 1. The van der Waals surface area contributed by atoms with Crippen LogP contribution in [-0.4, -0.2) is 46.4 Å². The molecule has 1 aliphatic carbocycles. The van der Waals surface area contributed by atoms with Crippen molar-refractivity contribution in [1.82, 2.24) is 20.0 Å². The van der Waals surface area contributed by atoms with Crippen LogP contribution in [0.2, 0.25) is 5.02 Å². The van der Waals surface area contributed by atoms with E-state index in [0.717, 1.165) is 38.5 Å². The number of primary amides is 1. The summed E-state index contributed by atoms with van der Waals surface area (Å²) in [5.74, 6) is -1.25. The van der Waals surface area contributed by atoms with E-state index in [1.54, 1.807) is 9.58 Å². The van der Waals surface area contributed by atoms with Crippen molar-refractivity contribution in [3.8, 4) is 11.3 Å². The second-order valence-electron chi connectivity index (χ2n) is 9.34. The van der Waals surface area contributed by atoms with Crippen LogP contribution in [0.1, 0.15) is 61.0 Å². The number of nitrogens with one attached hydrogen (secondary N) is 1. The first-order valence-electron chi connectivity index (χ1n) is 11.8. The van der Waals surface area contributed by atoms with Crippen molar-refractivity contribution in [3.63, 3.8) is 0 Å².